The molecule has 0 fully saturated rings. The third kappa shape index (κ3) is 3.11. The quantitative estimate of drug-likeness (QED) is 0.800. The standard InChI is InChI=1S/C17H17N3O/c1-12-3-5-14(6-4-12)19-17(21)10-15-11-20-8-7-13(2)9-16(20)18-15/h3-9,11H,10H2,1-2H3,(H,19,21). The molecule has 3 aromatic rings. The Morgan fingerprint density at radius 1 is 1.14 bits per heavy atom. The van der Waals surface area contributed by atoms with Gasteiger partial charge >= 0.3 is 0 Å². The van der Waals surface area contributed by atoms with Crippen molar-refractivity contribution in [2.24, 2.45) is 0 Å². The molecular formula is C17H17N3O. The number of hydrogen-bond acceptors (Lipinski definition) is 2. The predicted octanol–water partition coefficient (Wildman–Crippen LogP) is 3.13. The Kier molecular flexibility index (Phi) is 3.44. The second-order valence-electron chi connectivity index (χ2n) is 5.29. The van der Waals surface area contributed by atoms with E-state index in [1.165, 1.54) is 5.56 Å². The highest BCUT2D eigenvalue weighted by Gasteiger charge is 2.08. The fraction of sp³-hybridized carbons (Fsp3) is 0.176. The Morgan fingerprint density at radius 3 is 2.67 bits per heavy atom. The van der Waals surface area contributed by atoms with Crippen molar-refractivity contribution in [3.8, 4) is 0 Å². The summed E-state index contributed by atoms with van der Waals surface area (Å²) < 4.78 is 1.93. The summed E-state index contributed by atoms with van der Waals surface area (Å²) in [5.41, 5.74) is 4.77. The van der Waals surface area contributed by atoms with E-state index in [4.69, 9.17) is 0 Å². The van der Waals surface area contributed by atoms with Crippen LogP contribution >= 0.6 is 0 Å². The molecule has 0 aliphatic heterocycles. The number of aryl methyl sites for hydroxylation is 2. The molecular weight excluding hydrogens is 262 g/mol. The molecule has 3 rings (SSSR count). The van der Waals surface area contributed by atoms with Gasteiger partial charge in [0.05, 0.1) is 12.1 Å². The number of benzene rings is 1. The number of hydrogen-bond donors (Lipinski definition) is 1. The highest BCUT2D eigenvalue weighted by atomic mass is 16.1. The van der Waals surface area contributed by atoms with Crippen LogP contribution in [0, 0.1) is 13.8 Å². The van der Waals surface area contributed by atoms with Crippen molar-refractivity contribution in [2.45, 2.75) is 20.3 Å². The van der Waals surface area contributed by atoms with Gasteiger partial charge in [-0.2, -0.15) is 0 Å². The number of carbonyl (C=O) groups excluding carboxylic acids is 1. The van der Waals surface area contributed by atoms with Crippen LogP contribution in [0.4, 0.5) is 5.69 Å². The van der Waals surface area contributed by atoms with Crippen LogP contribution in [0.15, 0.2) is 48.8 Å². The van der Waals surface area contributed by atoms with Gasteiger partial charge in [0.2, 0.25) is 5.91 Å². The molecule has 0 unspecified atom stereocenters. The molecule has 0 aliphatic carbocycles. The fourth-order valence-electron chi connectivity index (χ4n) is 2.23. The van der Waals surface area contributed by atoms with Crippen molar-refractivity contribution in [2.75, 3.05) is 5.32 Å². The molecule has 21 heavy (non-hydrogen) atoms. The molecule has 4 heteroatoms. The van der Waals surface area contributed by atoms with Crippen molar-refractivity contribution in [3.05, 3.63) is 65.6 Å². The second-order valence-corrected chi connectivity index (χ2v) is 5.29. The molecule has 4 nitrogen and oxygen atoms in total. The summed E-state index contributed by atoms with van der Waals surface area (Å²) in [4.78, 5) is 16.5. The van der Waals surface area contributed by atoms with Crippen molar-refractivity contribution in [3.63, 3.8) is 0 Å². The van der Waals surface area contributed by atoms with Gasteiger partial charge in [0.25, 0.3) is 0 Å². The van der Waals surface area contributed by atoms with Gasteiger partial charge in [-0.15, -0.1) is 0 Å². The minimum atomic E-state index is -0.0565. The van der Waals surface area contributed by atoms with Crippen molar-refractivity contribution in [1.82, 2.24) is 9.38 Å². The molecule has 1 aromatic carbocycles. The van der Waals surface area contributed by atoms with Crippen LogP contribution in [0.5, 0.6) is 0 Å². The molecule has 0 saturated heterocycles. The van der Waals surface area contributed by atoms with Gasteiger partial charge in [0.15, 0.2) is 0 Å². The van der Waals surface area contributed by atoms with Gasteiger partial charge in [0, 0.05) is 18.1 Å². The van der Waals surface area contributed by atoms with Crippen LogP contribution in [-0.2, 0) is 11.2 Å². The third-order valence-electron chi connectivity index (χ3n) is 3.34. The maximum atomic E-state index is 12.1. The number of amides is 1. The summed E-state index contributed by atoms with van der Waals surface area (Å²) in [5.74, 6) is -0.0565. The van der Waals surface area contributed by atoms with E-state index < -0.39 is 0 Å². The lowest BCUT2D eigenvalue weighted by atomic mass is 10.2. The van der Waals surface area contributed by atoms with Crippen LogP contribution < -0.4 is 5.32 Å². The van der Waals surface area contributed by atoms with Crippen LogP contribution in [0.1, 0.15) is 16.8 Å². The maximum Gasteiger partial charge on any atom is 0.230 e. The Labute approximate surface area is 123 Å². The number of aromatic nitrogens is 2. The normalized spacial score (nSPS) is 10.8. The maximum absolute atomic E-state index is 12.1. The number of fused-ring (bicyclic) bond motifs is 1. The summed E-state index contributed by atoms with van der Waals surface area (Å²) >= 11 is 0. The van der Waals surface area contributed by atoms with Crippen LogP contribution in [0.2, 0.25) is 0 Å². The Hall–Kier alpha value is -2.62. The smallest absolute Gasteiger partial charge is 0.230 e. The van der Waals surface area contributed by atoms with E-state index in [0.29, 0.717) is 0 Å². The van der Waals surface area contributed by atoms with Crippen LogP contribution in [-0.4, -0.2) is 15.3 Å². The molecule has 0 atom stereocenters. The lowest BCUT2D eigenvalue weighted by Gasteiger charge is -2.03. The van der Waals surface area contributed by atoms with Gasteiger partial charge in [0.1, 0.15) is 5.65 Å². The van der Waals surface area contributed by atoms with Crippen molar-refractivity contribution < 1.29 is 4.79 Å². The second kappa shape index (κ2) is 5.40. The Balaban J connectivity index is 1.72. The van der Waals surface area contributed by atoms with E-state index in [2.05, 4.69) is 10.3 Å². The largest absolute Gasteiger partial charge is 0.326 e. The van der Waals surface area contributed by atoms with Gasteiger partial charge < -0.3 is 9.72 Å². The number of anilines is 1. The SMILES string of the molecule is Cc1ccc(NC(=O)Cc2cn3ccc(C)cc3n2)cc1. The van der Waals surface area contributed by atoms with Crippen molar-refractivity contribution >= 4 is 17.2 Å². The summed E-state index contributed by atoms with van der Waals surface area (Å²) in [6.45, 7) is 4.04. The van der Waals surface area contributed by atoms with Crippen LogP contribution in [0.3, 0.4) is 0 Å². The molecule has 0 aliphatic rings. The first kappa shape index (κ1) is 13.4. The van der Waals surface area contributed by atoms with E-state index in [1.807, 2.05) is 67.0 Å². The minimum Gasteiger partial charge on any atom is -0.326 e. The number of nitrogens with zero attached hydrogens (tertiary/aromatic N) is 2. The number of imidazole rings is 1. The third-order valence-corrected chi connectivity index (χ3v) is 3.34. The fourth-order valence-corrected chi connectivity index (χ4v) is 2.23. The predicted molar refractivity (Wildman–Crippen MR) is 83.4 cm³/mol. The summed E-state index contributed by atoms with van der Waals surface area (Å²) in [5, 5.41) is 2.89. The highest BCUT2D eigenvalue weighted by Crippen LogP contribution is 2.11. The first-order valence-corrected chi connectivity index (χ1v) is 6.91. The first-order valence-electron chi connectivity index (χ1n) is 6.91. The van der Waals surface area contributed by atoms with Gasteiger partial charge in [-0.25, -0.2) is 4.98 Å². The molecule has 0 saturated carbocycles. The van der Waals surface area contributed by atoms with Gasteiger partial charge in [-0.05, 0) is 43.7 Å². The summed E-state index contributed by atoms with van der Waals surface area (Å²) in [6.07, 6.45) is 4.12. The topological polar surface area (TPSA) is 46.4 Å². The molecule has 1 N–H and O–H groups in total. The lowest BCUT2D eigenvalue weighted by Crippen LogP contribution is -2.14. The molecule has 1 amide bonds. The molecule has 0 radical (unpaired) electrons. The zero-order valence-corrected chi connectivity index (χ0v) is 12.1. The van der Waals surface area contributed by atoms with Gasteiger partial charge in [-0.1, -0.05) is 17.7 Å². The molecule has 2 heterocycles. The van der Waals surface area contributed by atoms with Crippen molar-refractivity contribution in [1.29, 1.82) is 0 Å². The molecule has 2 aromatic heterocycles. The monoisotopic (exact) mass is 279 g/mol. The zero-order chi connectivity index (χ0) is 14.8. The van der Waals surface area contributed by atoms with E-state index >= 15 is 0 Å². The van der Waals surface area contributed by atoms with E-state index in [1.54, 1.807) is 0 Å². The van der Waals surface area contributed by atoms with Gasteiger partial charge in [-0.3, -0.25) is 4.79 Å². The average molecular weight is 279 g/mol. The Morgan fingerprint density at radius 2 is 1.90 bits per heavy atom. The van der Waals surface area contributed by atoms with E-state index in [0.717, 1.165) is 22.6 Å². The number of pyridine rings is 1. The van der Waals surface area contributed by atoms with E-state index in [9.17, 15) is 4.79 Å². The number of nitrogens with one attached hydrogen (secondary N) is 1. The molecule has 0 bridgehead atoms. The summed E-state index contributed by atoms with van der Waals surface area (Å²) in [7, 11) is 0. The van der Waals surface area contributed by atoms with E-state index in [-0.39, 0.29) is 12.3 Å². The molecule has 106 valence electrons. The average Bonchev–Trinajstić information content (AvgIpc) is 2.82. The zero-order valence-electron chi connectivity index (χ0n) is 12.1. The Bertz CT molecular complexity index is 787. The van der Waals surface area contributed by atoms with Crippen LogP contribution in [0.25, 0.3) is 5.65 Å². The first-order chi connectivity index (χ1) is 10.1. The summed E-state index contributed by atoms with van der Waals surface area (Å²) in [6, 6.07) is 11.8. The number of carbonyl (C=O) groups is 1. The molecule has 0 spiro atoms. The highest BCUT2D eigenvalue weighted by molar-refractivity contribution is 5.92. The lowest BCUT2D eigenvalue weighted by molar-refractivity contribution is -0.115. The number of rotatable bonds is 3. The minimum absolute atomic E-state index is 0.0565.